The molecule has 1 heterocycles. The highest BCUT2D eigenvalue weighted by atomic mass is 32.2. The first-order valence-corrected chi connectivity index (χ1v) is 6.53. The number of para-hydroxylation sites is 1. The first-order chi connectivity index (χ1) is 9.58. The van der Waals surface area contributed by atoms with Crippen LogP contribution in [0.3, 0.4) is 0 Å². The van der Waals surface area contributed by atoms with Crippen LogP contribution in [0.4, 0.5) is 11.4 Å². The van der Waals surface area contributed by atoms with E-state index in [0.717, 1.165) is 11.8 Å². The lowest BCUT2D eigenvalue weighted by atomic mass is 10.3. The number of rotatable bonds is 4. The number of amides is 1. The maximum Gasteiger partial charge on any atom is 0.301 e. The van der Waals surface area contributed by atoms with Gasteiger partial charge in [0, 0.05) is 24.1 Å². The monoisotopic (exact) mass is 289 g/mol. The average molecular weight is 289 g/mol. The van der Waals surface area contributed by atoms with Gasteiger partial charge in [0.05, 0.1) is 10.6 Å². The highest BCUT2D eigenvalue weighted by molar-refractivity contribution is 7.99. The molecule has 1 N–H and O–H groups in total. The molecule has 0 saturated carbocycles. The van der Waals surface area contributed by atoms with Crippen molar-refractivity contribution in [1.82, 2.24) is 4.98 Å². The Morgan fingerprint density at radius 2 is 2.05 bits per heavy atom. The number of benzene rings is 1. The Kier molecular flexibility index (Phi) is 4.31. The van der Waals surface area contributed by atoms with Gasteiger partial charge in [0.1, 0.15) is 0 Å². The topological polar surface area (TPSA) is 85.1 Å². The molecule has 0 aliphatic rings. The highest BCUT2D eigenvalue weighted by Gasteiger charge is 2.16. The molecule has 0 aliphatic carbocycles. The van der Waals surface area contributed by atoms with Gasteiger partial charge in [0.15, 0.2) is 5.03 Å². The lowest BCUT2D eigenvalue weighted by molar-refractivity contribution is -0.388. The minimum atomic E-state index is -0.476. The lowest BCUT2D eigenvalue weighted by Gasteiger charge is -2.08. The van der Waals surface area contributed by atoms with Gasteiger partial charge in [0.25, 0.3) is 0 Å². The van der Waals surface area contributed by atoms with Crippen molar-refractivity contribution in [2.24, 2.45) is 0 Å². The SMILES string of the molecule is CC(=O)Nc1ccccc1Sc1ncccc1[N+](=O)[O-]. The molecule has 0 atom stereocenters. The summed E-state index contributed by atoms with van der Waals surface area (Å²) in [5.41, 5.74) is 0.542. The number of carbonyl (C=O) groups is 1. The molecule has 0 aliphatic heterocycles. The molecule has 0 unspecified atom stereocenters. The maximum absolute atomic E-state index is 11.1. The second-order valence-electron chi connectivity index (χ2n) is 3.86. The van der Waals surface area contributed by atoms with Crippen LogP contribution in [0.25, 0.3) is 0 Å². The number of nitrogens with zero attached hydrogens (tertiary/aromatic N) is 2. The minimum Gasteiger partial charge on any atom is -0.325 e. The summed E-state index contributed by atoms with van der Waals surface area (Å²) < 4.78 is 0. The van der Waals surface area contributed by atoms with Crippen LogP contribution < -0.4 is 5.32 Å². The van der Waals surface area contributed by atoms with Crippen molar-refractivity contribution in [2.45, 2.75) is 16.8 Å². The zero-order chi connectivity index (χ0) is 14.5. The average Bonchev–Trinajstić information content (AvgIpc) is 2.41. The summed E-state index contributed by atoms with van der Waals surface area (Å²) in [6, 6.07) is 10.00. The van der Waals surface area contributed by atoms with Gasteiger partial charge in [-0.2, -0.15) is 0 Å². The fourth-order valence-electron chi connectivity index (χ4n) is 1.55. The van der Waals surface area contributed by atoms with Crippen LogP contribution in [0.5, 0.6) is 0 Å². The molecule has 6 nitrogen and oxygen atoms in total. The van der Waals surface area contributed by atoms with Crippen molar-refractivity contribution < 1.29 is 9.72 Å². The predicted molar refractivity (Wildman–Crippen MR) is 75.8 cm³/mol. The van der Waals surface area contributed by atoms with E-state index in [-0.39, 0.29) is 16.6 Å². The Balaban J connectivity index is 2.35. The second-order valence-corrected chi connectivity index (χ2v) is 4.89. The Hall–Kier alpha value is -2.41. The number of hydrogen-bond acceptors (Lipinski definition) is 5. The Morgan fingerprint density at radius 1 is 1.30 bits per heavy atom. The third kappa shape index (κ3) is 3.33. The van der Waals surface area contributed by atoms with E-state index in [1.54, 1.807) is 24.3 Å². The predicted octanol–water partition coefficient (Wildman–Crippen LogP) is 3.10. The number of hydrogen-bond donors (Lipinski definition) is 1. The van der Waals surface area contributed by atoms with Gasteiger partial charge >= 0.3 is 5.69 Å². The summed E-state index contributed by atoms with van der Waals surface area (Å²) in [4.78, 5) is 26.4. The number of nitro groups is 1. The molecule has 1 aromatic heterocycles. The summed E-state index contributed by atoms with van der Waals surface area (Å²) in [6.45, 7) is 1.41. The van der Waals surface area contributed by atoms with Crippen LogP contribution in [0.1, 0.15) is 6.92 Å². The standard InChI is InChI=1S/C13H11N3O3S/c1-9(17)15-10-5-2-3-7-12(10)20-13-11(16(18)19)6-4-8-14-13/h2-8H,1H3,(H,15,17). The molecule has 20 heavy (non-hydrogen) atoms. The zero-order valence-corrected chi connectivity index (χ0v) is 11.4. The van der Waals surface area contributed by atoms with E-state index in [1.807, 2.05) is 0 Å². The van der Waals surface area contributed by atoms with E-state index in [2.05, 4.69) is 10.3 Å². The third-order valence-electron chi connectivity index (χ3n) is 2.35. The molecule has 0 fully saturated rings. The largest absolute Gasteiger partial charge is 0.325 e. The number of pyridine rings is 1. The number of nitrogens with one attached hydrogen (secondary N) is 1. The van der Waals surface area contributed by atoms with Gasteiger partial charge in [-0.1, -0.05) is 23.9 Å². The number of carbonyl (C=O) groups excluding carboxylic acids is 1. The summed E-state index contributed by atoms with van der Waals surface area (Å²) in [6.07, 6.45) is 1.50. The summed E-state index contributed by atoms with van der Waals surface area (Å²) >= 11 is 1.14. The van der Waals surface area contributed by atoms with Crippen LogP contribution in [-0.2, 0) is 4.79 Å². The molecule has 102 valence electrons. The summed E-state index contributed by atoms with van der Waals surface area (Å²) in [5, 5.41) is 13.9. The zero-order valence-electron chi connectivity index (χ0n) is 10.6. The van der Waals surface area contributed by atoms with Crippen LogP contribution in [0.15, 0.2) is 52.5 Å². The van der Waals surface area contributed by atoms with Crippen molar-refractivity contribution in [3.8, 4) is 0 Å². The van der Waals surface area contributed by atoms with E-state index >= 15 is 0 Å². The molecule has 2 rings (SSSR count). The molecule has 0 spiro atoms. The van der Waals surface area contributed by atoms with Crippen LogP contribution in [0.2, 0.25) is 0 Å². The van der Waals surface area contributed by atoms with E-state index < -0.39 is 4.92 Å². The van der Waals surface area contributed by atoms with Crippen LogP contribution in [0, 0.1) is 10.1 Å². The summed E-state index contributed by atoms with van der Waals surface area (Å²) in [5.74, 6) is -0.200. The van der Waals surface area contributed by atoms with Gasteiger partial charge in [-0.15, -0.1) is 0 Å². The fraction of sp³-hybridized carbons (Fsp3) is 0.0769. The van der Waals surface area contributed by atoms with E-state index in [1.165, 1.54) is 25.3 Å². The van der Waals surface area contributed by atoms with Crippen molar-refractivity contribution in [2.75, 3.05) is 5.32 Å². The first-order valence-electron chi connectivity index (χ1n) is 5.72. The smallest absolute Gasteiger partial charge is 0.301 e. The number of anilines is 1. The lowest BCUT2D eigenvalue weighted by Crippen LogP contribution is -2.06. The van der Waals surface area contributed by atoms with E-state index in [0.29, 0.717) is 10.6 Å². The van der Waals surface area contributed by atoms with Gasteiger partial charge in [-0.3, -0.25) is 14.9 Å². The Labute approximate surface area is 119 Å². The van der Waals surface area contributed by atoms with Gasteiger partial charge in [-0.25, -0.2) is 4.98 Å². The van der Waals surface area contributed by atoms with Crippen molar-refractivity contribution in [3.63, 3.8) is 0 Å². The van der Waals surface area contributed by atoms with Crippen molar-refractivity contribution in [3.05, 3.63) is 52.7 Å². The normalized spacial score (nSPS) is 10.1. The number of aromatic nitrogens is 1. The molecular weight excluding hydrogens is 278 g/mol. The third-order valence-corrected chi connectivity index (χ3v) is 3.44. The molecule has 0 radical (unpaired) electrons. The van der Waals surface area contributed by atoms with Crippen LogP contribution in [-0.4, -0.2) is 15.8 Å². The van der Waals surface area contributed by atoms with Gasteiger partial charge < -0.3 is 5.32 Å². The Bertz CT molecular complexity index is 661. The molecule has 1 amide bonds. The molecule has 7 heteroatoms. The molecule has 2 aromatic rings. The first kappa shape index (κ1) is 14.0. The van der Waals surface area contributed by atoms with Crippen molar-refractivity contribution in [1.29, 1.82) is 0 Å². The van der Waals surface area contributed by atoms with Crippen molar-refractivity contribution >= 4 is 29.0 Å². The van der Waals surface area contributed by atoms with Gasteiger partial charge in [-0.05, 0) is 18.2 Å². The summed E-state index contributed by atoms with van der Waals surface area (Å²) in [7, 11) is 0. The quantitative estimate of drug-likeness (QED) is 0.690. The highest BCUT2D eigenvalue weighted by Crippen LogP contribution is 2.36. The second kappa shape index (κ2) is 6.16. The maximum atomic E-state index is 11.1. The van der Waals surface area contributed by atoms with Gasteiger partial charge in [0.2, 0.25) is 5.91 Å². The molecular formula is C13H11N3O3S. The minimum absolute atomic E-state index is 0.0601. The van der Waals surface area contributed by atoms with E-state index in [9.17, 15) is 14.9 Å². The molecule has 0 bridgehead atoms. The molecule has 0 saturated heterocycles. The Morgan fingerprint density at radius 3 is 2.75 bits per heavy atom. The van der Waals surface area contributed by atoms with Crippen LogP contribution >= 0.6 is 11.8 Å². The van der Waals surface area contributed by atoms with E-state index in [4.69, 9.17) is 0 Å². The fourth-order valence-corrected chi connectivity index (χ4v) is 2.50. The molecule has 1 aromatic carbocycles.